The summed E-state index contributed by atoms with van der Waals surface area (Å²) in [5.74, 6) is 0. The normalized spacial score (nSPS) is 15.1. The van der Waals surface area contributed by atoms with E-state index in [0.29, 0.717) is 18.5 Å². The molecular formula is C14H20F3NO2. The highest BCUT2D eigenvalue weighted by Gasteiger charge is 2.31. The first-order valence-corrected chi connectivity index (χ1v) is 6.46. The molecule has 6 heteroatoms. The van der Waals surface area contributed by atoms with Crippen molar-refractivity contribution in [2.24, 2.45) is 0 Å². The van der Waals surface area contributed by atoms with Crippen molar-refractivity contribution in [2.45, 2.75) is 31.7 Å². The number of rotatable bonds is 7. The summed E-state index contributed by atoms with van der Waals surface area (Å²) in [7, 11) is 1.48. The van der Waals surface area contributed by atoms with Crippen LogP contribution in [0.3, 0.4) is 0 Å². The van der Waals surface area contributed by atoms with Crippen molar-refractivity contribution >= 4 is 0 Å². The van der Waals surface area contributed by atoms with E-state index >= 15 is 0 Å². The molecule has 1 aromatic carbocycles. The van der Waals surface area contributed by atoms with Gasteiger partial charge in [0.15, 0.2) is 0 Å². The second kappa shape index (κ2) is 7.61. The Bertz CT molecular complexity index is 410. The van der Waals surface area contributed by atoms with Gasteiger partial charge in [0.25, 0.3) is 0 Å². The van der Waals surface area contributed by atoms with Crippen molar-refractivity contribution < 1.29 is 23.0 Å². The number of aliphatic hydroxyl groups excluding tert-OH is 1. The Balaban J connectivity index is 2.85. The molecule has 0 amide bonds. The summed E-state index contributed by atoms with van der Waals surface area (Å²) >= 11 is 0. The quantitative estimate of drug-likeness (QED) is 0.811. The van der Waals surface area contributed by atoms with Crippen LogP contribution in [0.4, 0.5) is 13.2 Å². The minimum atomic E-state index is -4.36. The summed E-state index contributed by atoms with van der Waals surface area (Å²) < 4.78 is 43.1. The van der Waals surface area contributed by atoms with Gasteiger partial charge >= 0.3 is 6.18 Å². The maximum absolute atomic E-state index is 12.7. The van der Waals surface area contributed by atoms with Crippen LogP contribution in [-0.2, 0) is 10.9 Å². The highest BCUT2D eigenvalue weighted by atomic mass is 19.4. The lowest BCUT2D eigenvalue weighted by Gasteiger charge is -2.21. The molecule has 0 saturated heterocycles. The third-order valence-corrected chi connectivity index (χ3v) is 3.02. The average Bonchev–Trinajstić information content (AvgIpc) is 2.42. The minimum Gasteiger partial charge on any atom is -0.392 e. The van der Waals surface area contributed by atoms with Gasteiger partial charge in [0.2, 0.25) is 0 Å². The molecule has 2 N–H and O–H groups in total. The first kappa shape index (κ1) is 16.9. The number of aliphatic hydroxyl groups is 1. The van der Waals surface area contributed by atoms with Crippen LogP contribution in [0.25, 0.3) is 0 Å². The lowest BCUT2D eigenvalue weighted by Crippen LogP contribution is -2.32. The molecule has 0 aliphatic heterocycles. The molecule has 2 unspecified atom stereocenters. The Labute approximate surface area is 116 Å². The number of benzene rings is 1. The van der Waals surface area contributed by atoms with E-state index in [9.17, 15) is 18.3 Å². The van der Waals surface area contributed by atoms with E-state index in [1.165, 1.54) is 13.2 Å². The van der Waals surface area contributed by atoms with Crippen LogP contribution in [0, 0.1) is 0 Å². The second-order valence-corrected chi connectivity index (χ2v) is 4.60. The molecule has 3 nitrogen and oxygen atoms in total. The number of nitrogens with one attached hydrogen (secondary N) is 1. The smallest absolute Gasteiger partial charge is 0.392 e. The monoisotopic (exact) mass is 291 g/mol. The number of hydrogen-bond donors (Lipinski definition) is 2. The van der Waals surface area contributed by atoms with Crippen molar-refractivity contribution in [3.63, 3.8) is 0 Å². The van der Waals surface area contributed by atoms with Crippen molar-refractivity contribution in [2.75, 3.05) is 20.3 Å². The van der Waals surface area contributed by atoms with Crippen molar-refractivity contribution in [1.82, 2.24) is 5.32 Å². The maximum Gasteiger partial charge on any atom is 0.416 e. The molecule has 20 heavy (non-hydrogen) atoms. The lowest BCUT2D eigenvalue weighted by atomic mass is 10.0. The van der Waals surface area contributed by atoms with Gasteiger partial charge in [0, 0.05) is 13.7 Å². The van der Waals surface area contributed by atoms with E-state index in [1.807, 2.05) is 6.92 Å². The molecule has 0 spiro atoms. The van der Waals surface area contributed by atoms with Gasteiger partial charge in [-0.2, -0.15) is 13.2 Å². The second-order valence-electron chi connectivity index (χ2n) is 4.60. The van der Waals surface area contributed by atoms with Crippen LogP contribution in [0.2, 0.25) is 0 Å². The van der Waals surface area contributed by atoms with Crippen molar-refractivity contribution in [3.05, 3.63) is 35.4 Å². The molecule has 114 valence electrons. The van der Waals surface area contributed by atoms with Gasteiger partial charge < -0.3 is 15.2 Å². The molecule has 1 aromatic rings. The Hall–Kier alpha value is -1.11. The fourth-order valence-electron chi connectivity index (χ4n) is 1.79. The lowest BCUT2D eigenvalue weighted by molar-refractivity contribution is -0.137. The molecule has 1 rings (SSSR count). The summed E-state index contributed by atoms with van der Waals surface area (Å²) in [6, 6.07) is 4.75. The molecule has 0 saturated carbocycles. The standard InChI is InChI=1S/C14H20F3NO2/c1-3-12(19)8-18-13(9-20-2)10-5-4-6-11(7-10)14(15,16)17/h4-7,12-13,18-19H,3,8-9H2,1-2H3. The fourth-order valence-corrected chi connectivity index (χ4v) is 1.79. The number of alkyl halides is 3. The van der Waals surface area contributed by atoms with E-state index in [2.05, 4.69) is 5.32 Å². The zero-order chi connectivity index (χ0) is 15.2. The first-order valence-electron chi connectivity index (χ1n) is 6.46. The van der Waals surface area contributed by atoms with Crippen LogP contribution < -0.4 is 5.32 Å². The van der Waals surface area contributed by atoms with Crippen LogP contribution >= 0.6 is 0 Å². The summed E-state index contributed by atoms with van der Waals surface area (Å²) in [6.45, 7) is 2.38. The molecule has 0 aliphatic rings. The predicted molar refractivity (Wildman–Crippen MR) is 70.4 cm³/mol. The molecule has 0 radical (unpaired) electrons. The topological polar surface area (TPSA) is 41.5 Å². The largest absolute Gasteiger partial charge is 0.416 e. The maximum atomic E-state index is 12.7. The van der Waals surface area contributed by atoms with Crippen LogP contribution in [0.5, 0.6) is 0 Å². The van der Waals surface area contributed by atoms with E-state index in [4.69, 9.17) is 4.74 Å². The summed E-state index contributed by atoms with van der Waals surface area (Å²) in [5, 5.41) is 12.5. The van der Waals surface area contributed by atoms with E-state index < -0.39 is 17.8 Å². The van der Waals surface area contributed by atoms with Gasteiger partial charge in [0.05, 0.1) is 24.3 Å². The molecule has 0 fully saturated rings. The van der Waals surface area contributed by atoms with Gasteiger partial charge in [-0.15, -0.1) is 0 Å². The number of methoxy groups -OCH3 is 1. The molecular weight excluding hydrogens is 271 g/mol. The number of hydrogen-bond acceptors (Lipinski definition) is 3. The Kier molecular flexibility index (Phi) is 6.45. The Morgan fingerprint density at radius 1 is 1.35 bits per heavy atom. The Morgan fingerprint density at radius 2 is 2.05 bits per heavy atom. The van der Waals surface area contributed by atoms with Gasteiger partial charge in [-0.05, 0) is 24.1 Å². The third kappa shape index (κ3) is 5.11. The highest BCUT2D eigenvalue weighted by Crippen LogP contribution is 2.30. The first-order chi connectivity index (χ1) is 9.38. The van der Waals surface area contributed by atoms with E-state index in [-0.39, 0.29) is 12.6 Å². The highest BCUT2D eigenvalue weighted by molar-refractivity contribution is 5.28. The molecule has 2 atom stereocenters. The van der Waals surface area contributed by atoms with Gasteiger partial charge in [-0.1, -0.05) is 19.1 Å². The van der Waals surface area contributed by atoms with Gasteiger partial charge in [-0.25, -0.2) is 0 Å². The molecule has 0 aromatic heterocycles. The number of halogens is 3. The zero-order valence-corrected chi connectivity index (χ0v) is 11.6. The predicted octanol–water partition coefficient (Wildman–Crippen LogP) is 2.75. The number of ether oxygens (including phenoxy) is 1. The molecule has 0 aliphatic carbocycles. The average molecular weight is 291 g/mol. The zero-order valence-electron chi connectivity index (χ0n) is 11.6. The van der Waals surface area contributed by atoms with E-state index in [0.717, 1.165) is 12.1 Å². The van der Waals surface area contributed by atoms with Crippen LogP contribution in [0.15, 0.2) is 24.3 Å². The molecule has 0 bridgehead atoms. The summed E-state index contributed by atoms with van der Waals surface area (Å²) in [6.07, 6.45) is -4.31. The summed E-state index contributed by atoms with van der Waals surface area (Å²) in [5.41, 5.74) is -0.195. The van der Waals surface area contributed by atoms with Crippen LogP contribution in [0.1, 0.15) is 30.5 Å². The van der Waals surface area contributed by atoms with Gasteiger partial charge in [0.1, 0.15) is 0 Å². The summed E-state index contributed by atoms with van der Waals surface area (Å²) in [4.78, 5) is 0. The molecule has 0 heterocycles. The third-order valence-electron chi connectivity index (χ3n) is 3.02. The van der Waals surface area contributed by atoms with Crippen molar-refractivity contribution in [3.8, 4) is 0 Å². The fraction of sp³-hybridized carbons (Fsp3) is 0.571. The minimum absolute atomic E-state index is 0.234. The SMILES string of the molecule is CCC(O)CNC(COC)c1cccc(C(F)(F)F)c1. The van der Waals surface area contributed by atoms with E-state index in [1.54, 1.807) is 6.07 Å². The Morgan fingerprint density at radius 3 is 2.60 bits per heavy atom. The van der Waals surface area contributed by atoms with Crippen LogP contribution in [-0.4, -0.2) is 31.5 Å². The van der Waals surface area contributed by atoms with Crippen molar-refractivity contribution in [1.29, 1.82) is 0 Å². The van der Waals surface area contributed by atoms with Gasteiger partial charge in [-0.3, -0.25) is 0 Å².